The molecule has 0 bridgehead atoms. The van der Waals surface area contributed by atoms with E-state index in [4.69, 9.17) is 4.74 Å². The van der Waals surface area contributed by atoms with Gasteiger partial charge in [0.1, 0.15) is 5.60 Å². The van der Waals surface area contributed by atoms with Crippen LogP contribution in [0.15, 0.2) is 12.3 Å². The number of pyridine rings is 1. The average molecular weight is 303 g/mol. The first kappa shape index (κ1) is 15.3. The first-order valence-corrected chi connectivity index (χ1v) is 8.08. The lowest BCUT2D eigenvalue weighted by Gasteiger charge is -2.23. The zero-order valence-electron chi connectivity index (χ0n) is 13.8. The van der Waals surface area contributed by atoms with Gasteiger partial charge in [0.05, 0.1) is 18.8 Å². The highest BCUT2D eigenvalue weighted by molar-refractivity contribution is 5.69. The molecule has 0 unspecified atom stereocenters. The average Bonchev–Trinajstić information content (AvgIpc) is 3.05. The van der Waals surface area contributed by atoms with Crippen molar-refractivity contribution in [2.45, 2.75) is 58.8 Å². The van der Waals surface area contributed by atoms with Crippen LogP contribution >= 0.6 is 0 Å². The number of ether oxygens (including phenoxy) is 1. The van der Waals surface area contributed by atoms with E-state index < -0.39 is 5.60 Å². The zero-order chi connectivity index (χ0) is 15.7. The van der Waals surface area contributed by atoms with E-state index in [1.165, 1.54) is 31.5 Å². The Hall–Kier alpha value is -1.62. The smallest absolute Gasteiger partial charge is 0.410 e. The number of aromatic nitrogens is 1. The van der Waals surface area contributed by atoms with Gasteiger partial charge in [0.2, 0.25) is 0 Å². The van der Waals surface area contributed by atoms with Gasteiger partial charge in [-0.05, 0) is 63.9 Å². The summed E-state index contributed by atoms with van der Waals surface area (Å²) in [7, 11) is 0. The summed E-state index contributed by atoms with van der Waals surface area (Å²) in [6.45, 7) is 10.1. The standard InChI is InChI=1S/C17H25N3O2/c1-17(2,3)22-16(21)20-11-14-8-13(9-18-15(14)12-20)10-19-6-4-5-7-19/h8-9H,4-7,10-12H2,1-3H3. The molecule has 1 aromatic rings. The van der Waals surface area contributed by atoms with Crippen LogP contribution in [-0.2, 0) is 24.4 Å². The van der Waals surface area contributed by atoms with Crippen LogP contribution in [0.4, 0.5) is 4.79 Å². The van der Waals surface area contributed by atoms with E-state index >= 15 is 0 Å². The number of hydrogen-bond donors (Lipinski definition) is 0. The van der Waals surface area contributed by atoms with Gasteiger partial charge in [0, 0.05) is 12.7 Å². The molecule has 0 N–H and O–H groups in total. The molecule has 0 spiro atoms. The van der Waals surface area contributed by atoms with Crippen LogP contribution in [0.3, 0.4) is 0 Å². The third-order valence-corrected chi connectivity index (χ3v) is 4.07. The maximum absolute atomic E-state index is 12.2. The lowest BCUT2D eigenvalue weighted by molar-refractivity contribution is 0.0240. The summed E-state index contributed by atoms with van der Waals surface area (Å²) < 4.78 is 5.44. The van der Waals surface area contributed by atoms with Gasteiger partial charge in [-0.2, -0.15) is 0 Å². The fourth-order valence-corrected chi connectivity index (χ4v) is 3.05. The van der Waals surface area contributed by atoms with Crippen molar-refractivity contribution < 1.29 is 9.53 Å². The van der Waals surface area contributed by atoms with Crippen molar-refractivity contribution in [2.24, 2.45) is 0 Å². The predicted octanol–water partition coefficient (Wildman–Crippen LogP) is 2.93. The van der Waals surface area contributed by atoms with Crippen molar-refractivity contribution in [3.8, 4) is 0 Å². The molecule has 1 fully saturated rings. The number of carbonyl (C=O) groups is 1. The molecule has 0 saturated carbocycles. The number of hydrogen-bond acceptors (Lipinski definition) is 4. The van der Waals surface area contributed by atoms with Crippen LogP contribution in [0.5, 0.6) is 0 Å². The van der Waals surface area contributed by atoms with Crippen LogP contribution < -0.4 is 0 Å². The number of carbonyl (C=O) groups excluding carboxylic acids is 1. The second-order valence-electron chi connectivity index (χ2n) is 7.27. The van der Waals surface area contributed by atoms with Gasteiger partial charge < -0.3 is 4.74 Å². The molecule has 3 heterocycles. The van der Waals surface area contributed by atoms with Gasteiger partial charge in [-0.3, -0.25) is 14.8 Å². The van der Waals surface area contributed by atoms with Gasteiger partial charge in [-0.1, -0.05) is 0 Å². The highest BCUT2D eigenvalue weighted by Gasteiger charge is 2.28. The Morgan fingerprint density at radius 3 is 2.68 bits per heavy atom. The minimum absolute atomic E-state index is 0.258. The Morgan fingerprint density at radius 1 is 1.27 bits per heavy atom. The van der Waals surface area contributed by atoms with Gasteiger partial charge in [0.15, 0.2) is 0 Å². The van der Waals surface area contributed by atoms with E-state index in [0.29, 0.717) is 13.1 Å². The summed E-state index contributed by atoms with van der Waals surface area (Å²) in [6.07, 6.45) is 4.29. The predicted molar refractivity (Wildman–Crippen MR) is 84.2 cm³/mol. The topological polar surface area (TPSA) is 45.7 Å². The lowest BCUT2D eigenvalue weighted by atomic mass is 10.1. The molecule has 5 heteroatoms. The van der Waals surface area contributed by atoms with Crippen molar-refractivity contribution in [1.29, 1.82) is 0 Å². The fraction of sp³-hybridized carbons (Fsp3) is 0.647. The fourth-order valence-electron chi connectivity index (χ4n) is 3.05. The van der Waals surface area contributed by atoms with Crippen LogP contribution in [0.2, 0.25) is 0 Å². The lowest BCUT2D eigenvalue weighted by Crippen LogP contribution is -2.33. The quantitative estimate of drug-likeness (QED) is 0.843. The Balaban J connectivity index is 1.64. The number of likely N-dealkylation sites (tertiary alicyclic amines) is 1. The van der Waals surface area contributed by atoms with Crippen molar-refractivity contribution in [3.05, 3.63) is 29.1 Å². The van der Waals surface area contributed by atoms with E-state index in [9.17, 15) is 4.79 Å². The monoisotopic (exact) mass is 303 g/mol. The van der Waals surface area contributed by atoms with E-state index in [1.807, 2.05) is 27.0 Å². The van der Waals surface area contributed by atoms with Crippen LogP contribution in [0, 0.1) is 0 Å². The van der Waals surface area contributed by atoms with E-state index in [-0.39, 0.29) is 6.09 Å². The summed E-state index contributed by atoms with van der Waals surface area (Å²) in [4.78, 5) is 20.9. The summed E-state index contributed by atoms with van der Waals surface area (Å²) in [5.74, 6) is 0. The summed E-state index contributed by atoms with van der Waals surface area (Å²) in [5.41, 5.74) is 2.94. The van der Waals surface area contributed by atoms with Crippen molar-refractivity contribution in [1.82, 2.24) is 14.8 Å². The van der Waals surface area contributed by atoms with E-state index in [2.05, 4.69) is 16.0 Å². The molecule has 0 aromatic carbocycles. The number of amides is 1. The summed E-state index contributed by atoms with van der Waals surface area (Å²) >= 11 is 0. The molecular formula is C17H25N3O2. The van der Waals surface area contributed by atoms with E-state index in [1.54, 1.807) is 4.90 Å². The third-order valence-electron chi connectivity index (χ3n) is 4.07. The van der Waals surface area contributed by atoms with Crippen molar-refractivity contribution >= 4 is 6.09 Å². The van der Waals surface area contributed by atoms with Gasteiger partial charge in [-0.15, -0.1) is 0 Å². The van der Waals surface area contributed by atoms with Crippen molar-refractivity contribution in [3.63, 3.8) is 0 Å². The van der Waals surface area contributed by atoms with Gasteiger partial charge in [0.25, 0.3) is 0 Å². The first-order chi connectivity index (χ1) is 10.4. The highest BCUT2D eigenvalue weighted by Crippen LogP contribution is 2.24. The number of fused-ring (bicyclic) bond motifs is 1. The maximum Gasteiger partial charge on any atom is 0.410 e. The number of nitrogens with zero attached hydrogens (tertiary/aromatic N) is 3. The van der Waals surface area contributed by atoms with Crippen LogP contribution in [0.1, 0.15) is 50.4 Å². The zero-order valence-corrected chi connectivity index (χ0v) is 13.8. The molecule has 5 nitrogen and oxygen atoms in total. The number of rotatable bonds is 2. The minimum Gasteiger partial charge on any atom is -0.444 e. The Bertz CT molecular complexity index is 560. The Morgan fingerprint density at radius 2 is 2.00 bits per heavy atom. The van der Waals surface area contributed by atoms with E-state index in [0.717, 1.165) is 17.8 Å². The van der Waals surface area contributed by atoms with Gasteiger partial charge in [-0.25, -0.2) is 4.79 Å². The summed E-state index contributed by atoms with van der Waals surface area (Å²) in [6, 6.07) is 2.20. The molecule has 3 rings (SSSR count). The molecule has 0 radical (unpaired) electrons. The largest absolute Gasteiger partial charge is 0.444 e. The van der Waals surface area contributed by atoms with Gasteiger partial charge >= 0.3 is 6.09 Å². The van der Waals surface area contributed by atoms with Crippen LogP contribution in [-0.4, -0.2) is 39.6 Å². The third kappa shape index (κ3) is 3.58. The molecule has 120 valence electrons. The SMILES string of the molecule is CC(C)(C)OC(=O)N1Cc2cc(CN3CCCC3)cnc2C1. The molecule has 2 aliphatic heterocycles. The minimum atomic E-state index is -0.458. The second kappa shape index (κ2) is 5.88. The molecule has 1 saturated heterocycles. The molecule has 0 aliphatic carbocycles. The Labute approximate surface area is 132 Å². The second-order valence-corrected chi connectivity index (χ2v) is 7.27. The molecular weight excluding hydrogens is 278 g/mol. The molecule has 22 heavy (non-hydrogen) atoms. The summed E-state index contributed by atoms with van der Waals surface area (Å²) in [5, 5.41) is 0. The Kier molecular flexibility index (Phi) is 4.08. The molecule has 1 amide bonds. The van der Waals surface area contributed by atoms with Crippen LogP contribution in [0.25, 0.3) is 0 Å². The highest BCUT2D eigenvalue weighted by atomic mass is 16.6. The first-order valence-electron chi connectivity index (χ1n) is 8.08. The molecule has 0 atom stereocenters. The molecule has 1 aromatic heterocycles. The van der Waals surface area contributed by atoms with Crippen molar-refractivity contribution in [2.75, 3.05) is 13.1 Å². The molecule has 2 aliphatic rings. The maximum atomic E-state index is 12.2. The normalized spacial score (nSPS) is 18.6.